The highest BCUT2D eigenvalue weighted by Crippen LogP contribution is 2.24. The fraction of sp³-hybridized carbons (Fsp3) is 0.562. The maximum Gasteiger partial charge on any atom is 0.500 e. The number of fused-ring (bicyclic) bond motifs is 1. The van der Waals surface area contributed by atoms with E-state index in [1.807, 2.05) is 57.2 Å². The van der Waals surface area contributed by atoms with E-state index in [1.165, 1.54) is 0 Å². The summed E-state index contributed by atoms with van der Waals surface area (Å²) in [4.78, 5) is 23.9. The molecule has 2 aromatic carbocycles. The zero-order chi connectivity index (χ0) is 30.6. The number of amides is 1. The molecule has 0 aliphatic carbocycles. The molecular formula is C32H49NO8Si. The van der Waals surface area contributed by atoms with Gasteiger partial charge in [0.05, 0.1) is 13.2 Å². The molecule has 0 radical (unpaired) electrons. The molecule has 0 heterocycles. The lowest BCUT2D eigenvalue weighted by Crippen LogP contribution is -2.46. The van der Waals surface area contributed by atoms with Gasteiger partial charge in [0, 0.05) is 38.0 Å². The molecule has 0 atom stereocenters. The first-order valence-electron chi connectivity index (χ1n) is 15.3. The number of carbonyl (C=O) groups excluding carboxylic acids is 1. The van der Waals surface area contributed by atoms with Crippen LogP contribution in [0.5, 0.6) is 5.75 Å². The van der Waals surface area contributed by atoms with Gasteiger partial charge in [-0.1, -0.05) is 38.0 Å². The van der Waals surface area contributed by atoms with Gasteiger partial charge in [-0.25, -0.2) is 9.59 Å². The molecule has 2 rings (SSSR count). The minimum Gasteiger partial charge on any atom is -0.494 e. The third-order valence-corrected chi connectivity index (χ3v) is 9.67. The molecule has 0 spiro atoms. The van der Waals surface area contributed by atoms with Gasteiger partial charge >= 0.3 is 20.9 Å². The van der Waals surface area contributed by atoms with E-state index in [2.05, 4.69) is 12.2 Å². The van der Waals surface area contributed by atoms with Crippen LogP contribution >= 0.6 is 0 Å². The summed E-state index contributed by atoms with van der Waals surface area (Å²) < 4.78 is 28.5. The van der Waals surface area contributed by atoms with Crippen molar-refractivity contribution >= 4 is 37.7 Å². The summed E-state index contributed by atoms with van der Waals surface area (Å²) in [5.41, 5.74) is 1.25. The van der Waals surface area contributed by atoms with Gasteiger partial charge in [0.25, 0.3) is 0 Å². The van der Waals surface area contributed by atoms with Crippen molar-refractivity contribution in [2.75, 3.05) is 39.6 Å². The minimum absolute atomic E-state index is 0.325. The van der Waals surface area contributed by atoms with Crippen LogP contribution in [0.1, 0.15) is 78.2 Å². The average Bonchev–Trinajstić information content (AvgIpc) is 2.97. The van der Waals surface area contributed by atoms with Crippen molar-refractivity contribution in [1.29, 1.82) is 0 Å². The number of rotatable bonds is 22. The Morgan fingerprint density at radius 3 is 2.17 bits per heavy atom. The highest BCUT2D eigenvalue weighted by atomic mass is 28.4. The number of hydrogen-bond acceptors (Lipinski definition) is 7. The first-order valence-corrected chi connectivity index (χ1v) is 17.2. The first-order chi connectivity index (χ1) is 20.4. The number of unbranched alkanes of at least 4 members (excludes halogenated alkanes) is 3. The van der Waals surface area contributed by atoms with E-state index >= 15 is 0 Å². The van der Waals surface area contributed by atoms with Crippen molar-refractivity contribution < 1.29 is 37.4 Å². The Morgan fingerprint density at radius 2 is 1.50 bits per heavy atom. The second-order valence-electron chi connectivity index (χ2n) is 9.90. The lowest BCUT2D eigenvalue weighted by Gasteiger charge is -2.28. The largest absolute Gasteiger partial charge is 0.500 e. The van der Waals surface area contributed by atoms with Crippen molar-refractivity contribution in [2.24, 2.45) is 0 Å². The van der Waals surface area contributed by atoms with Gasteiger partial charge in [-0.15, -0.1) is 0 Å². The van der Waals surface area contributed by atoms with Crippen molar-refractivity contribution in [2.45, 2.75) is 78.7 Å². The van der Waals surface area contributed by atoms with Gasteiger partial charge in [-0.2, -0.15) is 0 Å². The molecule has 0 aliphatic heterocycles. The Balaban J connectivity index is 1.68. The molecule has 0 aliphatic rings. The van der Waals surface area contributed by atoms with Crippen molar-refractivity contribution in [3.05, 3.63) is 47.5 Å². The maximum atomic E-state index is 12.0. The van der Waals surface area contributed by atoms with Crippen LogP contribution < -0.4 is 10.1 Å². The van der Waals surface area contributed by atoms with Crippen LogP contribution in [0.2, 0.25) is 6.04 Å². The van der Waals surface area contributed by atoms with E-state index < -0.39 is 20.9 Å². The number of nitrogens with one attached hydrogen (secondary N) is 1. The molecule has 42 heavy (non-hydrogen) atoms. The molecule has 0 unspecified atom stereocenters. The smallest absolute Gasteiger partial charge is 0.494 e. The quantitative estimate of drug-likeness (QED) is 0.0825. The van der Waals surface area contributed by atoms with Crippen LogP contribution in [0.3, 0.4) is 0 Å². The summed E-state index contributed by atoms with van der Waals surface area (Å²) in [5, 5.41) is 14.6. The Bertz CT molecular complexity index is 1110. The Kier molecular flexibility index (Phi) is 16.9. The molecule has 0 saturated carbocycles. The average molecular weight is 604 g/mol. The van der Waals surface area contributed by atoms with Crippen molar-refractivity contribution in [3.63, 3.8) is 0 Å². The third-order valence-electron chi connectivity index (χ3n) is 6.52. The second kappa shape index (κ2) is 20.1. The van der Waals surface area contributed by atoms with Gasteiger partial charge in [-0.05, 0) is 93.5 Å². The fourth-order valence-corrected chi connectivity index (χ4v) is 7.18. The topological polar surface area (TPSA) is 113 Å². The summed E-state index contributed by atoms with van der Waals surface area (Å²) in [6.45, 7) is 10.9. The molecule has 0 bridgehead atoms. The molecule has 10 heteroatoms. The maximum absolute atomic E-state index is 12.0. The molecule has 0 fully saturated rings. The van der Waals surface area contributed by atoms with Gasteiger partial charge in [0.1, 0.15) is 5.75 Å². The Hall–Kier alpha value is -2.92. The summed E-state index contributed by atoms with van der Waals surface area (Å²) in [6.07, 6.45) is 6.60. The van der Waals surface area contributed by atoms with E-state index in [9.17, 15) is 14.7 Å². The van der Waals surface area contributed by atoms with Crippen LogP contribution in [0.15, 0.2) is 42.0 Å². The highest BCUT2D eigenvalue weighted by molar-refractivity contribution is 6.60. The van der Waals surface area contributed by atoms with Gasteiger partial charge in [-0.3, -0.25) is 0 Å². The minimum atomic E-state index is -2.70. The number of hydrogen-bond donors (Lipinski definition) is 2. The standard InChI is InChI=1S/C32H49NO8Si/c1-5-20-37-30-18-17-27-23-26(15-16-28(27)25-30)24-29(31(34)35)14-11-9-10-12-21-38-32(36)33-19-13-22-42(39-6-2,40-7-3)41-8-4/h15-18,23-25H,5-14,19-22H2,1-4H3,(H,33,36)(H,34,35)/b29-24+. The second-order valence-corrected chi connectivity index (χ2v) is 12.6. The fourth-order valence-electron chi connectivity index (χ4n) is 4.57. The van der Waals surface area contributed by atoms with Crippen molar-refractivity contribution in [1.82, 2.24) is 5.32 Å². The molecule has 9 nitrogen and oxygen atoms in total. The molecule has 0 saturated heterocycles. The lowest BCUT2D eigenvalue weighted by molar-refractivity contribution is -0.132. The molecular weight excluding hydrogens is 554 g/mol. The first kappa shape index (κ1) is 35.3. The Labute approximate surface area is 251 Å². The molecule has 1 amide bonds. The molecule has 234 valence electrons. The summed E-state index contributed by atoms with van der Waals surface area (Å²) in [5.74, 6) is -0.0615. The van der Waals surface area contributed by atoms with Gasteiger partial charge in [0.2, 0.25) is 0 Å². The van der Waals surface area contributed by atoms with Gasteiger partial charge < -0.3 is 33.2 Å². The summed E-state index contributed by atoms with van der Waals surface area (Å²) >= 11 is 0. The highest BCUT2D eigenvalue weighted by Gasteiger charge is 2.39. The predicted octanol–water partition coefficient (Wildman–Crippen LogP) is 7.21. The van der Waals surface area contributed by atoms with Crippen LogP contribution in [0.25, 0.3) is 16.8 Å². The number of carboxylic acid groups (broad SMARTS) is 1. The molecule has 0 aromatic heterocycles. The number of carboxylic acids is 1. The zero-order valence-electron chi connectivity index (χ0n) is 25.7. The van der Waals surface area contributed by atoms with E-state index in [4.69, 9.17) is 22.8 Å². The molecule has 2 N–H and O–H groups in total. The monoisotopic (exact) mass is 603 g/mol. The van der Waals surface area contributed by atoms with Crippen molar-refractivity contribution in [3.8, 4) is 5.75 Å². The van der Waals surface area contributed by atoms with Crippen LogP contribution in [-0.4, -0.2) is 65.6 Å². The van der Waals surface area contributed by atoms with E-state index in [0.717, 1.165) is 54.2 Å². The number of alkyl carbamates (subject to hydrolysis) is 1. The van der Waals surface area contributed by atoms with Crippen LogP contribution in [-0.2, 0) is 22.8 Å². The summed E-state index contributed by atoms with van der Waals surface area (Å²) in [7, 11) is -2.70. The number of carbonyl (C=O) groups is 2. The summed E-state index contributed by atoms with van der Waals surface area (Å²) in [6, 6.07) is 12.5. The van der Waals surface area contributed by atoms with Crippen LogP contribution in [0.4, 0.5) is 4.79 Å². The SMILES string of the molecule is CCCOc1ccc2cc(/C=C(\CCCCCCOC(=O)NCCC[Si](OCC)(OCC)OCC)C(=O)O)ccc2c1. The van der Waals surface area contributed by atoms with E-state index in [1.54, 1.807) is 6.08 Å². The Morgan fingerprint density at radius 1 is 0.833 bits per heavy atom. The normalized spacial score (nSPS) is 12.0. The van der Waals surface area contributed by atoms with Gasteiger partial charge in [0.15, 0.2) is 0 Å². The van der Waals surface area contributed by atoms with E-state index in [0.29, 0.717) is 64.0 Å². The van der Waals surface area contributed by atoms with E-state index in [-0.39, 0.29) is 0 Å². The zero-order valence-corrected chi connectivity index (χ0v) is 26.7. The molecule has 2 aromatic rings. The number of aliphatic carboxylic acids is 1. The van der Waals surface area contributed by atoms with Crippen LogP contribution in [0, 0.1) is 0 Å². The third kappa shape index (κ3) is 12.9. The number of ether oxygens (including phenoxy) is 2. The number of benzene rings is 2. The predicted molar refractivity (Wildman–Crippen MR) is 168 cm³/mol. The lowest BCUT2D eigenvalue weighted by atomic mass is 10.0.